The van der Waals surface area contributed by atoms with Crippen LogP contribution in [-0.4, -0.2) is 54.6 Å². The van der Waals surface area contributed by atoms with Crippen molar-refractivity contribution in [2.45, 2.75) is 13.0 Å². The van der Waals surface area contributed by atoms with E-state index in [9.17, 15) is 0 Å². The maximum atomic E-state index is 6.11. The van der Waals surface area contributed by atoms with Crippen LogP contribution in [0.3, 0.4) is 0 Å². The van der Waals surface area contributed by atoms with Gasteiger partial charge in [0.1, 0.15) is 11.5 Å². The number of nitrogens with zero attached hydrogens (tertiary/aromatic N) is 3. The van der Waals surface area contributed by atoms with Crippen LogP contribution in [0.2, 0.25) is 0 Å². The minimum absolute atomic E-state index is 0.0352. The fourth-order valence-corrected chi connectivity index (χ4v) is 4.50. The number of methoxy groups -OCH3 is 2. The van der Waals surface area contributed by atoms with Crippen molar-refractivity contribution in [1.29, 1.82) is 0 Å². The van der Waals surface area contributed by atoms with Gasteiger partial charge in [0, 0.05) is 19.0 Å². The van der Waals surface area contributed by atoms with Crippen molar-refractivity contribution in [3.8, 4) is 11.5 Å². The third-order valence-corrected chi connectivity index (χ3v) is 6.16. The van der Waals surface area contributed by atoms with Crippen LogP contribution in [0.5, 0.6) is 11.5 Å². The molecule has 1 fully saturated rings. The number of benzene rings is 2. The highest BCUT2D eigenvalue weighted by atomic mass is 32.1. The number of fused-ring (bicyclic) bond motifs is 1. The number of nitrogens with two attached hydrogens (primary N) is 1. The first-order valence-electron chi connectivity index (χ1n) is 10.4. The summed E-state index contributed by atoms with van der Waals surface area (Å²) in [7, 11) is 3.35. The first-order valence-corrected chi connectivity index (χ1v) is 10.8. The summed E-state index contributed by atoms with van der Waals surface area (Å²) >= 11 is 5.38. The topological polar surface area (TPSA) is 63.3 Å². The van der Waals surface area contributed by atoms with Gasteiger partial charge in [-0.05, 0) is 65.8 Å². The lowest BCUT2D eigenvalue weighted by Crippen LogP contribution is -2.44. The molecule has 0 aliphatic carbocycles. The molecule has 0 amide bonds. The van der Waals surface area contributed by atoms with Gasteiger partial charge in [-0.3, -0.25) is 4.90 Å². The Kier molecular flexibility index (Phi) is 6.25. The standard InChI is InChI=1S/C24H28N4O2S/c1-4-27-14-18(13-16-5-9-19(29-2)10-6-16)22-21(15-27)23(28(26-22)24(25)31)17-7-11-20(30-3)12-8-17/h5-13,21,23H,4,14-15H2,1-3H3,(H2,25,31)/b18-13+. The third-order valence-electron chi connectivity index (χ3n) is 5.98. The first-order chi connectivity index (χ1) is 15.0. The van der Waals surface area contributed by atoms with E-state index in [0.717, 1.165) is 48.0 Å². The Morgan fingerprint density at radius 1 is 1.10 bits per heavy atom. The molecule has 0 saturated carbocycles. The van der Waals surface area contributed by atoms with Gasteiger partial charge in [-0.2, -0.15) is 5.10 Å². The fraction of sp³-hybridized carbons (Fsp3) is 0.333. The first kappa shape index (κ1) is 21.3. The maximum absolute atomic E-state index is 6.11. The highest BCUT2D eigenvalue weighted by Crippen LogP contribution is 2.41. The van der Waals surface area contributed by atoms with Crippen molar-refractivity contribution in [2.24, 2.45) is 16.8 Å². The molecular weight excluding hydrogens is 408 g/mol. The Bertz CT molecular complexity index is 1000. The van der Waals surface area contributed by atoms with E-state index in [1.807, 2.05) is 24.3 Å². The van der Waals surface area contributed by atoms with Crippen molar-refractivity contribution in [3.05, 3.63) is 65.2 Å². The van der Waals surface area contributed by atoms with Gasteiger partial charge in [0.25, 0.3) is 0 Å². The van der Waals surface area contributed by atoms with Gasteiger partial charge < -0.3 is 15.2 Å². The van der Waals surface area contributed by atoms with Crippen molar-refractivity contribution < 1.29 is 9.47 Å². The Hall–Kier alpha value is -2.90. The van der Waals surface area contributed by atoms with Gasteiger partial charge in [-0.1, -0.05) is 31.2 Å². The normalized spacial score (nSPS) is 22.2. The summed E-state index contributed by atoms with van der Waals surface area (Å²) in [5, 5.41) is 7.01. The van der Waals surface area contributed by atoms with Gasteiger partial charge >= 0.3 is 0 Å². The van der Waals surface area contributed by atoms with E-state index in [2.05, 4.69) is 42.2 Å². The maximum Gasteiger partial charge on any atom is 0.187 e. The predicted octanol–water partition coefficient (Wildman–Crippen LogP) is 3.70. The van der Waals surface area contributed by atoms with E-state index < -0.39 is 0 Å². The second-order valence-corrected chi connectivity index (χ2v) is 8.18. The number of piperidine rings is 1. The molecule has 0 radical (unpaired) electrons. The molecule has 2 heterocycles. The van der Waals surface area contributed by atoms with Crippen LogP contribution >= 0.6 is 12.2 Å². The number of ether oxygens (including phenoxy) is 2. The number of hydrogen-bond donors (Lipinski definition) is 1. The summed E-state index contributed by atoms with van der Waals surface area (Å²) in [5.74, 6) is 1.84. The van der Waals surface area contributed by atoms with E-state index >= 15 is 0 Å². The second kappa shape index (κ2) is 9.08. The molecule has 31 heavy (non-hydrogen) atoms. The summed E-state index contributed by atoms with van der Waals surface area (Å²) in [4.78, 5) is 2.44. The number of likely N-dealkylation sites (N-methyl/N-ethyl adjacent to an activating group) is 1. The fourth-order valence-electron chi connectivity index (χ4n) is 4.35. The minimum Gasteiger partial charge on any atom is -0.497 e. The van der Waals surface area contributed by atoms with Crippen molar-refractivity contribution >= 4 is 29.1 Å². The Morgan fingerprint density at radius 2 is 1.71 bits per heavy atom. The number of rotatable bonds is 5. The third kappa shape index (κ3) is 4.29. The molecule has 6 nitrogen and oxygen atoms in total. The highest BCUT2D eigenvalue weighted by Gasteiger charge is 2.44. The van der Waals surface area contributed by atoms with Crippen LogP contribution < -0.4 is 15.2 Å². The van der Waals surface area contributed by atoms with Crippen molar-refractivity contribution in [2.75, 3.05) is 33.9 Å². The van der Waals surface area contributed by atoms with Gasteiger partial charge in [-0.15, -0.1) is 0 Å². The molecule has 2 aromatic carbocycles. The van der Waals surface area contributed by atoms with E-state index in [0.29, 0.717) is 0 Å². The zero-order valence-electron chi connectivity index (χ0n) is 18.1. The molecule has 2 aromatic rings. The molecule has 7 heteroatoms. The minimum atomic E-state index is -0.0352. The molecule has 0 spiro atoms. The molecule has 162 valence electrons. The Labute approximate surface area is 188 Å². The number of thiocarbonyl (C=S) groups is 1. The van der Waals surface area contributed by atoms with E-state index in [1.54, 1.807) is 19.2 Å². The molecular formula is C24H28N4O2S. The molecule has 2 aliphatic rings. The average Bonchev–Trinajstić information content (AvgIpc) is 3.19. The number of likely N-dealkylation sites (tertiary alicyclic amines) is 1. The Balaban J connectivity index is 1.73. The van der Waals surface area contributed by atoms with Crippen LogP contribution in [-0.2, 0) is 0 Å². The quantitative estimate of drug-likeness (QED) is 0.721. The Morgan fingerprint density at radius 3 is 2.26 bits per heavy atom. The van der Waals surface area contributed by atoms with Crippen molar-refractivity contribution in [3.63, 3.8) is 0 Å². The summed E-state index contributed by atoms with van der Waals surface area (Å²) in [6, 6.07) is 16.1. The molecule has 2 aliphatic heterocycles. The van der Waals surface area contributed by atoms with E-state index in [4.69, 9.17) is 32.5 Å². The summed E-state index contributed by atoms with van der Waals surface area (Å²) in [5.41, 5.74) is 10.6. The molecule has 0 aromatic heterocycles. The number of hydrazone groups is 1. The lowest BCUT2D eigenvalue weighted by Gasteiger charge is -2.35. The predicted molar refractivity (Wildman–Crippen MR) is 128 cm³/mol. The molecule has 0 bridgehead atoms. The monoisotopic (exact) mass is 436 g/mol. The zero-order valence-corrected chi connectivity index (χ0v) is 18.9. The van der Waals surface area contributed by atoms with Crippen molar-refractivity contribution in [1.82, 2.24) is 9.91 Å². The van der Waals surface area contributed by atoms with Crippen LogP contribution in [0.1, 0.15) is 24.1 Å². The summed E-state index contributed by atoms with van der Waals surface area (Å²) in [6.45, 7) is 4.91. The second-order valence-electron chi connectivity index (χ2n) is 7.76. The molecule has 2 unspecified atom stereocenters. The lowest BCUT2D eigenvalue weighted by atomic mass is 9.83. The number of hydrogen-bond acceptors (Lipinski definition) is 5. The molecule has 4 rings (SSSR count). The van der Waals surface area contributed by atoms with Crippen LogP contribution in [0.4, 0.5) is 0 Å². The van der Waals surface area contributed by atoms with E-state index in [-0.39, 0.29) is 17.1 Å². The van der Waals surface area contributed by atoms with Gasteiger partial charge in [-0.25, -0.2) is 5.01 Å². The summed E-state index contributed by atoms with van der Waals surface area (Å²) in [6.07, 6.45) is 2.21. The lowest BCUT2D eigenvalue weighted by molar-refractivity contribution is 0.227. The van der Waals surface area contributed by atoms with Gasteiger partial charge in [0.2, 0.25) is 0 Å². The smallest absolute Gasteiger partial charge is 0.187 e. The molecule has 1 saturated heterocycles. The molecule has 2 N–H and O–H groups in total. The van der Waals surface area contributed by atoms with Gasteiger partial charge in [0.15, 0.2) is 5.11 Å². The SMILES string of the molecule is CCN1C/C(=C\c2ccc(OC)cc2)C2=NN(C(N)=S)C(c3ccc(OC)cc3)C2C1. The largest absolute Gasteiger partial charge is 0.497 e. The van der Waals surface area contributed by atoms with Crippen LogP contribution in [0.15, 0.2) is 59.2 Å². The zero-order chi connectivity index (χ0) is 22.0. The summed E-state index contributed by atoms with van der Waals surface area (Å²) < 4.78 is 10.6. The average molecular weight is 437 g/mol. The van der Waals surface area contributed by atoms with Crippen LogP contribution in [0, 0.1) is 5.92 Å². The van der Waals surface area contributed by atoms with Gasteiger partial charge in [0.05, 0.1) is 26.0 Å². The highest BCUT2D eigenvalue weighted by molar-refractivity contribution is 7.80. The van der Waals surface area contributed by atoms with E-state index in [1.165, 1.54) is 5.57 Å². The van der Waals surface area contributed by atoms with Crippen LogP contribution in [0.25, 0.3) is 6.08 Å². The molecule has 2 atom stereocenters.